The molecule has 0 spiro atoms. The number of hydrogen-bond donors (Lipinski definition) is 1. The summed E-state index contributed by atoms with van der Waals surface area (Å²) in [7, 11) is 1.73. The Hall–Kier alpha value is -0.680. The van der Waals surface area contributed by atoms with Crippen molar-refractivity contribution in [3.63, 3.8) is 0 Å². The minimum atomic E-state index is 0.495. The van der Waals surface area contributed by atoms with Crippen molar-refractivity contribution in [3.05, 3.63) is 12.4 Å². The fourth-order valence-corrected chi connectivity index (χ4v) is 2.23. The molecule has 0 bridgehead atoms. The second-order valence-electron chi connectivity index (χ2n) is 4.06. The number of nitrogens with one attached hydrogen (secondary N) is 1. The topological polar surface area (TPSA) is 39.1 Å². The molecular formula is C12H23N3OS. The lowest BCUT2D eigenvalue weighted by atomic mass is 10.2. The van der Waals surface area contributed by atoms with Crippen LogP contribution in [0.3, 0.4) is 0 Å². The molecule has 17 heavy (non-hydrogen) atoms. The van der Waals surface area contributed by atoms with E-state index >= 15 is 0 Å². The number of hydrogen-bond acceptors (Lipinski definition) is 4. The number of thioether (sulfide) groups is 1. The van der Waals surface area contributed by atoms with Gasteiger partial charge in [-0.1, -0.05) is 0 Å². The minimum absolute atomic E-state index is 0.495. The third-order valence-corrected chi connectivity index (χ3v) is 3.34. The van der Waals surface area contributed by atoms with Gasteiger partial charge in [0.05, 0.1) is 0 Å². The highest BCUT2D eigenvalue weighted by molar-refractivity contribution is 7.98. The number of nitrogens with zero attached hydrogens (tertiary/aromatic N) is 2. The number of imidazole rings is 1. The summed E-state index contributed by atoms with van der Waals surface area (Å²) in [5.74, 6) is 2.15. The lowest BCUT2D eigenvalue weighted by Crippen LogP contribution is -2.13. The van der Waals surface area contributed by atoms with E-state index < -0.39 is 0 Å². The van der Waals surface area contributed by atoms with Crippen molar-refractivity contribution in [2.45, 2.75) is 25.8 Å². The summed E-state index contributed by atoms with van der Waals surface area (Å²) in [5.41, 5.74) is 0. The van der Waals surface area contributed by atoms with Gasteiger partial charge < -0.3 is 14.6 Å². The molecule has 1 atom stereocenters. The second-order valence-corrected chi connectivity index (χ2v) is 5.05. The van der Waals surface area contributed by atoms with E-state index in [2.05, 4.69) is 28.0 Å². The maximum absolute atomic E-state index is 5.02. The van der Waals surface area contributed by atoms with Crippen molar-refractivity contribution in [3.8, 4) is 0 Å². The Labute approximate surface area is 108 Å². The maximum atomic E-state index is 5.02. The van der Waals surface area contributed by atoms with Gasteiger partial charge in [0, 0.05) is 38.7 Å². The summed E-state index contributed by atoms with van der Waals surface area (Å²) in [6, 6.07) is 0.495. The van der Waals surface area contributed by atoms with Gasteiger partial charge in [-0.05, 0) is 31.8 Å². The Morgan fingerprint density at radius 3 is 3.12 bits per heavy atom. The first-order valence-corrected chi connectivity index (χ1v) is 7.43. The molecule has 0 saturated heterocycles. The molecule has 0 aliphatic heterocycles. The molecule has 1 unspecified atom stereocenters. The predicted molar refractivity (Wildman–Crippen MR) is 74.9 cm³/mol. The highest BCUT2D eigenvalue weighted by Crippen LogP contribution is 2.18. The van der Waals surface area contributed by atoms with Gasteiger partial charge in [0.2, 0.25) is 5.95 Å². The maximum Gasteiger partial charge on any atom is 0.203 e. The number of rotatable bonds is 9. The molecule has 0 fully saturated rings. The molecule has 1 rings (SSSR count). The fraction of sp³-hybridized carbons (Fsp3) is 0.750. The molecule has 98 valence electrons. The van der Waals surface area contributed by atoms with Gasteiger partial charge in [-0.2, -0.15) is 11.8 Å². The molecule has 5 heteroatoms. The summed E-state index contributed by atoms with van der Waals surface area (Å²) in [6.07, 6.45) is 8.22. The van der Waals surface area contributed by atoms with Crippen LogP contribution in [-0.4, -0.2) is 41.8 Å². The largest absolute Gasteiger partial charge is 0.385 e. The predicted octanol–water partition coefficient (Wildman–Crippen LogP) is 2.65. The molecule has 0 radical (unpaired) electrons. The monoisotopic (exact) mass is 257 g/mol. The molecule has 1 aromatic rings. The average Bonchev–Trinajstić information content (AvgIpc) is 2.80. The van der Waals surface area contributed by atoms with Crippen molar-refractivity contribution < 1.29 is 4.74 Å². The van der Waals surface area contributed by atoms with E-state index in [9.17, 15) is 0 Å². The molecule has 0 aliphatic rings. The van der Waals surface area contributed by atoms with Crippen molar-refractivity contribution in [1.82, 2.24) is 9.55 Å². The van der Waals surface area contributed by atoms with Crippen molar-refractivity contribution >= 4 is 17.7 Å². The van der Waals surface area contributed by atoms with Crippen molar-refractivity contribution in [2.24, 2.45) is 0 Å². The van der Waals surface area contributed by atoms with E-state index in [4.69, 9.17) is 4.74 Å². The summed E-state index contributed by atoms with van der Waals surface area (Å²) < 4.78 is 7.23. The lowest BCUT2D eigenvalue weighted by Gasteiger charge is -2.16. The third-order valence-electron chi connectivity index (χ3n) is 2.69. The van der Waals surface area contributed by atoms with Crippen LogP contribution in [0.4, 0.5) is 5.95 Å². The first-order chi connectivity index (χ1) is 8.29. The van der Waals surface area contributed by atoms with Gasteiger partial charge in [-0.15, -0.1) is 0 Å². The number of ether oxygens (including phenoxy) is 1. The quantitative estimate of drug-likeness (QED) is 0.690. The molecule has 1 N–H and O–H groups in total. The molecule has 0 amide bonds. The van der Waals surface area contributed by atoms with Crippen LogP contribution in [0.2, 0.25) is 0 Å². The summed E-state index contributed by atoms with van der Waals surface area (Å²) >= 11 is 1.89. The first kappa shape index (κ1) is 14.4. The molecule has 1 aromatic heterocycles. The molecule has 0 aliphatic carbocycles. The number of aromatic nitrogens is 2. The Morgan fingerprint density at radius 2 is 2.41 bits per heavy atom. The van der Waals surface area contributed by atoms with Crippen LogP contribution < -0.4 is 5.32 Å². The Balaban J connectivity index is 2.41. The molecule has 0 aromatic carbocycles. The van der Waals surface area contributed by atoms with E-state index in [0.29, 0.717) is 6.04 Å². The number of anilines is 1. The average molecular weight is 257 g/mol. The standard InChI is InChI=1S/C12H23N3OS/c1-11(5-10-17-3)15-8-7-14-12(15)13-6-4-9-16-2/h7-8,11H,4-6,9-10H2,1-3H3,(H,13,14). The van der Waals surface area contributed by atoms with Crippen LogP contribution in [0.25, 0.3) is 0 Å². The fourth-order valence-electron chi connectivity index (χ4n) is 1.65. The van der Waals surface area contributed by atoms with Gasteiger partial charge in [0.1, 0.15) is 0 Å². The normalized spacial score (nSPS) is 12.6. The molecular weight excluding hydrogens is 234 g/mol. The molecule has 1 heterocycles. The van der Waals surface area contributed by atoms with Crippen LogP contribution in [-0.2, 0) is 4.74 Å². The third kappa shape index (κ3) is 5.00. The summed E-state index contributed by atoms with van der Waals surface area (Å²) in [5, 5.41) is 3.35. The van der Waals surface area contributed by atoms with E-state index in [-0.39, 0.29) is 0 Å². The van der Waals surface area contributed by atoms with Crippen LogP contribution in [0.5, 0.6) is 0 Å². The summed E-state index contributed by atoms with van der Waals surface area (Å²) in [4.78, 5) is 4.35. The van der Waals surface area contributed by atoms with Crippen LogP contribution in [0, 0.1) is 0 Å². The van der Waals surface area contributed by atoms with E-state index in [0.717, 1.165) is 25.5 Å². The van der Waals surface area contributed by atoms with Gasteiger partial charge in [-0.3, -0.25) is 0 Å². The van der Waals surface area contributed by atoms with Gasteiger partial charge >= 0.3 is 0 Å². The van der Waals surface area contributed by atoms with Gasteiger partial charge in [0.15, 0.2) is 0 Å². The van der Waals surface area contributed by atoms with E-state index in [1.165, 1.54) is 12.2 Å². The minimum Gasteiger partial charge on any atom is -0.385 e. The van der Waals surface area contributed by atoms with E-state index in [1.807, 2.05) is 24.2 Å². The lowest BCUT2D eigenvalue weighted by molar-refractivity contribution is 0.197. The Morgan fingerprint density at radius 1 is 1.59 bits per heavy atom. The van der Waals surface area contributed by atoms with Gasteiger partial charge in [-0.25, -0.2) is 4.98 Å². The molecule has 4 nitrogen and oxygen atoms in total. The van der Waals surface area contributed by atoms with E-state index in [1.54, 1.807) is 7.11 Å². The van der Waals surface area contributed by atoms with Gasteiger partial charge in [0.25, 0.3) is 0 Å². The highest BCUT2D eigenvalue weighted by atomic mass is 32.2. The van der Waals surface area contributed by atoms with Crippen LogP contribution in [0.15, 0.2) is 12.4 Å². The zero-order valence-corrected chi connectivity index (χ0v) is 11.8. The molecule has 0 saturated carbocycles. The second kappa shape index (κ2) is 8.42. The smallest absolute Gasteiger partial charge is 0.203 e. The first-order valence-electron chi connectivity index (χ1n) is 6.04. The Bertz CT molecular complexity index is 304. The van der Waals surface area contributed by atoms with Crippen LogP contribution >= 0.6 is 11.8 Å². The SMILES string of the molecule is COCCCNc1nccn1C(C)CCSC. The zero-order chi connectivity index (χ0) is 12.5. The van der Waals surface area contributed by atoms with Crippen molar-refractivity contribution in [2.75, 3.05) is 37.6 Å². The summed E-state index contributed by atoms with van der Waals surface area (Å²) in [6.45, 7) is 3.92. The Kier molecular flexibility index (Phi) is 7.12. The highest BCUT2D eigenvalue weighted by Gasteiger charge is 2.08. The number of methoxy groups -OCH3 is 1. The van der Waals surface area contributed by atoms with Crippen LogP contribution in [0.1, 0.15) is 25.8 Å². The zero-order valence-electron chi connectivity index (χ0n) is 11.0. The van der Waals surface area contributed by atoms with Crippen molar-refractivity contribution in [1.29, 1.82) is 0 Å².